The van der Waals surface area contributed by atoms with Crippen LogP contribution in [-0.4, -0.2) is 16.2 Å². The predicted octanol–water partition coefficient (Wildman–Crippen LogP) is 3.31. The summed E-state index contributed by atoms with van der Waals surface area (Å²) < 4.78 is 4.74. The van der Waals surface area contributed by atoms with Gasteiger partial charge in [0, 0.05) is 16.7 Å². The third-order valence-corrected chi connectivity index (χ3v) is 2.99. The SMILES string of the molecule is Cc1ccc(Cl)c(C)c1-c1cc(C(=O)O)on1. The van der Waals surface area contributed by atoms with Crippen molar-refractivity contribution in [1.29, 1.82) is 0 Å². The van der Waals surface area contributed by atoms with E-state index in [1.165, 1.54) is 6.07 Å². The summed E-state index contributed by atoms with van der Waals surface area (Å²) in [5.74, 6) is -1.32. The van der Waals surface area contributed by atoms with Crippen LogP contribution >= 0.6 is 11.6 Å². The Labute approximate surface area is 103 Å². The lowest BCUT2D eigenvalue weighted by atomic mass is 10.00. The maximum atomic E-state index is 10.7. The Hall–Kier alpha value is -1.81. The quantitative estimate of drug-likeness (QED) is 0.889. The molecule has 17 heavy (non-hydrogen) atoms. The minimum Gasteiger partial charge on any atom is -0.475 e. The highest BCUT2D eigenvalue weighted by Crippen LogP contribution is 2.31. The molecule has 0 spiro atoms. The average Bonchev–Trinajstić information content (AvgIpc) is 2.73. The van der Waals surface area contributed by atoms with Crippen LogP contribution < -0.4 is 0 Å². The van der Waals surface area contributed by atoms with Crippen LogP contribution in [0.1, 0.15) is 21.7 Å². The molecule has 0 bridgehead atoms. The standard InChI is InChI=1S/C12H10ClNO3/c1-6-3-4-8(13)7(2)11(6)9-5-10(12(15)16)17-14-9/h3-5H,1-2H3,(H,15,16). The fourth-order valence-corrected chi connectivity index (χ4v) is 1.87. The molecule has 1 aromatic heterocycles. The molecular formula is C12H10ClNO3. The van der Waals surface area contributed by atoms with Gasteiger partial charge in [-0.25, -0.2) is 4.79 Å². The van der Waals surface area contributed by atoms with E-state index in [-0.39, 0.29) is 5.76 Å². The Morgan fingerprint density at radius 1 is 1.41 bits per heavy atom. The maximum absolute atomic E-state index is 10.7. The van der Waals surface area contributed by atoms with Crippen molar-refractivity contribution < 1.29 is 14.4 Å². The predicted molar refractivity (Wildman–Crippen MR) is 63.4 cm³/mol. The summed E-state index contributed by atoms with van der Waals surface area (Å²) in [6.45, 7) is 3.77. The molecule has 0 fully saturated rings. The van der Waals surface area contributed by atoms with Crippen molar-refractivity contribution in [1.82, 2.24) is 5.16 Å². The topological polar surface area (TPSA) is 63.3 Å². The van der Waals surface area contributed by atoms with Crippen molar-refractivity contribution in [3.05, 3.63) is 40.1 Å². The highest BCUT2D eigenvalue weighted by molar-refractivity contribution is 6.31. The minimum atomic E-state index is -1.14. The van der Waals surface area contributed by atoms with Crippen LogP contribution in [0.5, 0.6) is 0 Å². The lowest BCUT2D eigenvalue weighted by molar-refractivity contribution is 0.0652. The van der Waals surface area contributed by atoms with Crippen molar-refractivity contribution in [2.45, 2.75) is 13.8 Å². The van der Waals surface area contributed by atoms with Crippen molar-refractivity contribution in [3.63, 3.8) is 0 Å². The molecule has 88 valence electrons. The van der Waals surface area contributed by atoms with Crippen LogP contribution in [0.3, 0.4) is 0 Å². The second-order valence-corrected chi connectivity index (χ2v) is 4.15. The monoisotopic (exact) mass is 251 g/mol. The molecule has 0 atom stereocenters. The molecule has 0 radical (unpaired) electrons. The highest BCUT2D eigenvalue weighted by atomic mass is 35.5. The number of nitrogens with zero attached hydrogens (tertiary/aromatic N) is 1. The normalized spacial score (nSPS) is 10.5. The molecule has 0 amide bonds. The summed E-state index contributed by atoms with van der Waals surface area (Å²) in [5, 5.41) is 13.2. The first-order valence-electron chi connectivity index (χ1n) is 4.97. The van der Waals surface area contributed by atoms with E-state index in [0.717, 1.165) is 16.7 Å². The summed E-state index contributed by atoms with van der Waals surface area (Å²) in [5.41, 5.74) is 3.13. The van der Waals surface area contributed by atoms with Crippen LogP contribution in [-0.2, 0) is 0 Å². The first kappa shape index (κ1) is 11.7. The summed E-state index contributed by atoms with van der Waals surface area (Å²) >= 11 is 6.03. The summed E-state index contributed by atoms with van der Waals surface area (Å²) in [4.78, 5) is 10.7. The zero-order valence-corrected chi connectivity index (χ0v) is 10.1. The summed E-state index contributed by atoms with van der Waals surface area (Å²) in [6, 6.07) is 5.06. The van der Waals surface area contributed by atoms with Crippen LogP contribution in [0.25, 0.3) is 11.3 Å². The highest BCUT2D eigenvalue weighted by Gasteiger charge is 2.16. The molecule has 0 aliphatic carbocycles. The number of rotatable bonds is 2. The van der Waals surface area contributed by atoms with Crippen molar-refractivity contribution in [3.8, 4) is 11.3 Å². The summed E-state index contributed by atoms with van der Waals surface area (Å²) in [7, 11) is 0. The fourth-order valence-electron chi connectivity index (χ4n) is 1.71. The smallest absolute Gasteiger partial charge is 0.374 e. The van der Waals surface area contributed by atoms with Gasteiger partial charge in [0.15, 0.2) is 0 Å². The molecular weight excluding hydrogens is 242 g/mol. The van der Waals surface area contributed by atoms with E-state index >= 15 is 0 Å². The van der Waals surface area contributed by atoms with E-state index < -0.39 is 5.97 Å². The Morgan fingerprint density at radius 3 is 2.71 bits per heavy atom. The molecule has 2 rings (SSSR count). The van der Waals surface area contributed by atoms with Gasteiger partial charge in [0.25, 0.3) is 0 Å². The number of aromatic carboxylic acids is 1. The molecule has 4 nitrogen and oxygen atoms in total. The van der Waals surface area contributed by atoms with E-state index in [0.29, 0.717) is 10.7 Å². The number of hydrogen-bond acceptors (Lipinski definition) is 3. The zero-order chi connectivity index (χ0) is 12.6. The number of aromatic nitrogens is 1. The van der Waals surface area contributed by atoms with Gasteiger partial charge in [0.1, 0.15) is 5.69 Å². The number of hydrogen-bond donors (Lipinski definition) is 1. The Morgan fingerprint density at radius 2 is 2.12 bits per heavy atom. The lowest BCUT2D eigenvalue weighted by Crippen LogP contribution is -1.92. The molecule has 0 saturated heterocycles. The first-order chi connectivity index (χ1) is 8.00. The van der Waals surface area contributed by atoms with Crippen LogP contribution in [0, 0.1) is 13.8 Å². The fraction of sp³-hybridized carbons (Fsp3) is 0.167. The van der Waals surface area contributed by atoms with Crippen LogP contribution in [0.2, 0.25) is 5.02 Å². The number of carboxylic acid groups (broad SMARTS) is 1. The van der Waals surface area contributed by atoms with E-state index in [1.807, 2.05) is 19.9 Å². The van der Waals surface area contributed by atoms with Crippen molar-refractivity contribution >= 4 is 17.6 Å². The molecule has 1 heterocycles. The second kappa shape index (κ2) is 4.22. The largest absolute Gasteiger partial charge is 0.475 e. The molecule has 0 unspecified atom stereocenters. The molecule has 0 aliphatic heterocycles. The maximum Gasteiger partial charge on any atom is 0.374 e. The van der Waals surface area contributed by atoms with Gasteiger partial charge in [0.05, 0.1) is 0 Å². The molecule has 2 aromatic rings. The first-order valence-corrected chi connectivity index (χ1v) is 5.34. The van der Waals surface area contributed by atoms with Gasteiger partial charge in [-0.15, -0.1) is 0 Å². The number of carboxylic acids is 1. The van der Waals surface area contributed by atoms with Gasteiger partial charge in [-0.05, 0) is 31.0 Å². The van der Waals surface area contributed by atoms with Gasteiger partial charge in [-0.3, -0.25) is 0 Å². The van der Waals surface area contributed by atoms with Crippen molar-refractivity contribution in [2.75, 3.05) is 0 Å². The third kappa shape index (κ3) is 2.03. The van der Waals surface area contributed by atoms with Crippen LogP contribution in [0.4, 0.5) is 0 Å². The molecule has 1 N–H and O–H groups in total. The average molecular weight is 252 g/mol. The Balaban J connectivity index is 2.60. The van der Waals surface area contributed by atoms with E-state index in [1.54, 1.807) is 6.07 Å². The van der Waals surface area contributed by atoms with Crippen molar-refractivity contribution in [2.24, 2.45) is 0 Å². The minimum absolute atomic E-state index is 0.182. The Kier molecular flexibility index (Phi) is 2.90. The van der Waals surface area contributed by atoms with Gasteiger partial charge in [0.2, 0.25) is 5.76 Å². The number of halogens is 1. The molecule has 0 aliphatic rings. The van der Waals surface area contributed by atoms with E-state index in [4.69, 9.17) is 21.2 Å². The van der Waals surface area contributed by atoms with Gasteiger partial charge >= 0.3 is 5.97 Å². The zero-order valence-electron chi connectivity index (χ0n) is 9.32. The Bertz CT molecular complexity index is 589. The number of carbonyl (C=O) groups is 1. The van der Waals surface area contributed by atoms with Crippen LogP contribution in [0.15, 0.2) is 22.7 Å². The second-order valence-electron chi connectivity index (χ2n) is 3.75. The molecule has 1 aromatic carbocycles. The van der Waals surface area contributed by atoms with Gasteiger partial charge in [-0.1, -0.05) is 22.8 Å². The van der Waals surface area contributed by atoms with Gasteiger partial charge in [-0.2, -0.15) is 0 Å². The lowest BCUT2D eigenvalue weighted by Gasteiger charge is -2.07. The van der Waals surface area contributed by atoms with E-state index in [9.17, 15) is 4.79 Å². The third-order valence-electron chi connectivity index (χ3n) is 2.58. The van der Waals surface area contributed by atoms with Gasteiger partial charge < -0.3 is 9.63 Å². The number of aryl methyl sites for hydroxylation is 1. The molecule has 0 saturated carbocycles. The number of benzene rings is 1. The van der Waals surface area contributed by atoms with E-state index in [2.05, 4.69) is 5.16 Å². The molecule has 5 heteroatoms. The summed E-state index contributed by atoms with van der Waals surface area (Å²) in [6.07, 6.45) is 0.